The molecule has 2 aliphatic rings. The smallest absolute Gasteiger partial charge is 0.247 e. The van der Waals surface area contributed by atoms with Crippen molar-refractivity contribution in [2.24, 2.45) is 0 Å². The number of fused-ring (bicyclic) bond motifs is 1. The molecule has 0 saturated carbocycles. The number of sulfonamides is 1. The fraction of sp³-hybridized carbons (Fsp3) is 0.310. The SMILES string of the molecule is COc1ccc(C)c(C2=CC(C)=c3nc(Nc4ccc(S(=O)(=O)NCCN5CCCC5)cc4)nnc3=C=C2)c1. The Bertz CT molecular complexity index is 1670. The number of allylic oxidation sites excluding steroid dienone is 3. The topological polar surface area (TPSA) is 109 Å². The summed E-state index contributed by atoms with van der Waals surface area (Å²) in [6.45, 7) is 7.22. The molecule has 1 aliphatic carbocycles. The Kier molecular flexibility index (Phi) is 7.90. The largest absolute Gasteiger partial charge is 0.497 e. The van der Waals surface area contributed by atoms with Crippen molar-refractivity contribution in [1.82, 2.24) is 24.8 Å². The third-order valence-electron chi connectivity index (χ3n) is 6.89. The lowest BCUT2D eigenvalue weighted by Crippen LogP contribution is -2.34. The van der Waals surface area contributed by atoms with Crippen molar-refractivity contribution in [3.8, 4) is 5.75 Å². The van der Waals surface area contributed by atoms with Gasteiger partial charge < -0.3 is 15.0 Å². The molecule has 1 aliphatic heterocycles. The van der Waals surface area contributed by atoms with Crippen LogP contribution >= 0.6 is 0 Å². The zero-order valence-electron chi connectivity index (χ0n) is 22.4. The van der Waals surface area contributed by atoms with Crippen molar-refractivity contribution in [1.29, 1.82) is 0 Å². The highest BCUT2D eigenvalue weighted by Crippen LogP contribution is 2.26. The van der Waals surface area contributed by atoms with E-state index >= 15 is 0 Å². The highest BCUT2D eigenvalue weighted by molar-refractivity contribution is 7.89. The second kappa shape index (κ2) is 11.5. The molecule has 9 nitrogen and oxygen atoms in total. The van der Waals surface area contributed by atoms with Crippen LogP contribution in [0.15, 0.2) is 59.5 Å². The lowest BCUT2D eigenvalue weighted by atomic mass is 9.98. The number of nitrogens with one attached hydrogen (secondary N) is 2. The highest BCUT2D eigenvalue weighted by Gasteiger charge is 2.16. The van der Waals surface area contributed by atoms with E-state index in [1.54, 1.807) is 31.4 Å². The summed E-state index contributed by atoms with van der Waals surface area (Å²) in [5.41, 5.74) is 7.93. The summed E-state index contributed by atoms with van der Waals surface area (Å²) in [7, 11) is -1.93. The van der Waals surface area contributed by atoms with Gasteiger partial charge in [-0.15, -0.1) is 10.2 Å². The maximum absolute atomic E-state index is 12.7. The predicted octanol–water partition coefficient (Wildman–Crippen LogP) is 2.51. The molecule has 0 atom stereocenters. The van der Waals surface area contributed by atoms with Gasteiger partial charge in [0.1, 0.15) is 11.1 Å². The van der Waals surface area contributed by atoms with E-state index in [2.05, 4.69) is 48.9 Å². The van der Waals surface area contributed by atoms with Crippen LogP contribution in [0.4, 0.5) is 11.6 Å². The lowest BCUT2D eigenvalue weighted by molar-refractivity contribution is 0.344. The van der Waals surface area contributed by atoms with Gasteiger partial charge in [0.25, 0.3) is 0 Å². The van der Waals surface area contributed by atoms with Crippen LogP contribution in [-0.4, -0.2) is 61.8 Å². The highest BCUT2D eigenvalue weighted by atomic mass is 32.2. The Hall–Kier alpha value is -3.82. The molecule has 1 fully saturated rings. The minimum atomic E-state index is -3.58. The molecule has 0 amide bonds. The zero-order valence-corrected chi connectivity index (χ0v) is 23.2. The lowest BCUT2D eigenvalue weighted by Gasteiger charge is -2.15. The zero-order chi connectivity index (χ0) is 27.4. The summed E-state index contributed by atoms with van der Waals surface area (Å²) in [4.78, 5) is 7.16. The maximum atomic E-state index is 12.7. The number of anilines is 2. The van der Waals surface area contributed by atoms with E-state index in [-0.39, 0.29) is 4.90 Å². The molecule has 0 spiro atoms. The first kappa shape index (κ1) is 26.8. The molecule has 3 aromatic rings. The van der Waals surface area contributed by atoms with Gasteiger partial charge in [0.05, 0.1) is 12.0 Å². The summed E-state index contributed by atoms with van der Waals surface area (Å²) in [5.74, 6) is 1.09. The van der Waals surface area contributed by atoms with E-state index in [4.69, 9.17) is 4.74 Å². The summed E-state index contributed by atoms with van der Waals surface area (Å²) in [6.07, 6.45) is 6.30. The van der Waals surface area contributed by atoms with E-state index in [9.17, 15) is 8.42 Å². The number of hydrogen-bond donors (Lipinski definition) is 2. The fourth-order valence-electron chi connectivity index (χ4n) is 4.71. The van der Waals surface area contributed by atoms with Gasteiger partial charge in [-0.3, -0.25) is 0 Å². The first-order chi connectivity index (χ1) is 18.8. The standard InChI is InChI=1S/C29H32N6O3S/c1-20-6-10-24(38-3)19-26(20)22-7-13-27-28(21(2)18-22)32-29(34-33-27)31-23-8-11-25(12-9-23)39(36,37)30-14-17-35-15-4-5-16-35/h6-12,18-19,30H,4-5,14-17H2,1-3H3,(H,31,32). The Labute approximate surface area is 228 Å². The van der Waals surface area contributed by atoms with Gasteiger partial charge in [-0.25, -0.2) is 18.1 Å². The van der Waals surface area contributed by atoms with Gasteiger partial charge in [0.15, 0.2) is 5.35 Å². The number of methoxy groups -OCH3 is 1. The Morgan fingerprint density at radius 3 is 2.56 bits per heavy atom. The second-order valence-electron chi connectivity index (χ2n) is 9.68. The van der Waals surface area contributed by atoms with Gasteiger partial charge in [-0.2, -0.15) is 0 Å². The molecule has 0 radical (unpaired) electrons. The maximum Gasteiger partial charge on any atom is 0.247 e. The first-order valence-electron chi connectivity index (χ1n) is 13.0. The van der Waals surface area contributed by atoms with Crippen molar-refractivity contribution in [3.63, 3.8) is 0 Å². The van der Waals surface area contributed by atoms with E-state index in [0.29, 0.717) is 28.9 Å². The Morgan fingerprint density at radius 1 is 1.05 bits per heavy atom. The minimum Gasteiger partial charge on any atom is -0.497 e. The number of ether oxygens (including phenoxy) is 1. The Morgan fingerprint density at radius 2 is 1.82 bits per heavy atom. The van der Waals surface area contributed by atoms with Gasteiger partial charge >= 0.3 is 0 Å². The van der Waals surface area contributed by atoms with Crippen LogP contribution in [0.5, 0.6) is 5.75 Å². The minimum absolute atomic E-state index is 0.213. The predicted molar refractivity (Wildman–Crippen MR) is 152 cm³/mol. The quantitative estimate of drug-likeness (QED) is 0.423. The van der Waals surface area contributed by atoms with Gasteiger partial charge in [-0.1, -0.05) is 11.8 Å². The average molecular weight is 545 g/mol. The monoisotopic (exact) mass is 544 g/mol. The van der Waals surface area contributed by atoms with E-state index < -0.39 is 10.0 Å². The van der Waals surface area contributed by atoms with Crippen LogP contribution in [0.2, 0.25) is 0 Å². The van der Waals surface area contributed by atoms with Crippen molar-refractivity contribution in [2.75, 3.05) is 38.6 Å². The number of rotatable bonds is 9. The molecule has 0 unspecified atom stereocenters. The van der Waals surface area contributed by atoms with Gasteiger partial charge in [0.2, 0.25) is 16.0 Å². The fourth-order valence-corrected chi connectivity index (χ4v) is 5.73. The van der Waals surface area contributed by atoms with Crippen molar-refractivity contribution in [2.45, 2.75) is 31.6 Å². The molecule has 10 heteroatoms. The number of nitrogens with zero attached hydrogens (tertiary/aromatic N) is 4. The van der Waals surface area contributed by atoms with Crippen molar-refractivity contribution in [3.05, 3.63) is 76.4 Å². The first-order valence-corrected chi connectivity index (χ1v) is 14.4. The van der Waals surface area contributed by atoms with Crippen LogP contribution in [0, 0.1) is 6.92 Å². The van der Waals surface area contributed by atoms with Crippen molar-refractivity contribution >= 4 is 38.5 Å². The molecule has 2 N–H and O–H groups in total. The van der Waals surface area contributed by atoms with E-state index in [0.717, 1.165) is 47.7 Å². The summed E-state index contributed by atoms with van der Waals surface area (Å²) in [5, 5.41) is 12.9. The second-order valence-corrected chi connectivity index (χ2v) is 11.4. The molecule has 2 aromatic carbocycles. The van der Waals surface area contributed by atoms with Crippen LogP contribution in [-0.2, 0) is 10.0 Å². The molecular weight excluding hydrogens is 512 g/mol. The number of benzene rings is 2. The molecule has 39 heavy (non-hydrogen) atoms. The third kappa shape index (κ3) is 6.26. The number of hydrogen-bond acceptors (Lipinski definition) is 8. The van der Waals surface area contributed by atoms with Crippen LogP contribution in [0.3, 0.4) is 0 Å². The summed E-state index contributed by atoms with van der Waals surface area (Å²) in [6, 6.07) is 12.5. The molecule has 0 bridgehead atoms. The molecular formula is C29H32N6O3S. The number of aromatic nitrogens is 3. The van der Waals surface area contributed by atoms with Crippen molar-refractivity contribution < 1.29 is 13.2 Å². The molecule has 1 aromatic heterocycles. The Balaban J connectivity index is 1.33. The summed E-state index contributed by atoms with van der Waals surface area (Å²) >= 11 is 0. The van der Waals surface area contributed by atoms with Gasteiger partial charge in [0, 0.05) is 18.8 Å². The van der Waals surface area contributed by atoms with E-state index in [1.807, 2.05) is 31.2 Å². The third-order valence-corrected chi connectivity index (χ3v) is 8.37. The normalized spacial score (nSPS) is 15.4. The summed E-state index contributed by atoms with van der Waals surface area (Å²) < 4.78 is 33.5. The molecule has 2 heterocycles. The van der Waals surface area contributed by atoms with E-state index in [1.165, 1.54) is 12.8 Å². The number of aryl methyl sites for hydroxylation is 1. The van der Waals surface area contributed by atoms with Crippen LogP contribution in [0.25, 0.3) is 16.9 Å². The molecule has 1 saturated heterocycles. The molecule has 202 valence electrons. The molecule has 5 rings (SSSR count). The average Bonchev–Trinajstić information content (AvgIpc) is 3.39. The van der Waals surface area contributed by atoms with Crippen LogP contribution in [0.1, 0.15) is 30.9 Å². The number of likely N-dealkylation sites (tertiary alicyclic amines) is 1. The van der Waals surface area contributed by atoms with Gasteiger partial charge in [-0.05, 0) is 111 Å². The van der Waals surface area contributed by atoms with Crippen LogP contribution < -0.4 is 25.5 Å².